The van der Waals surface area contributed by atoms with Gasteiger partial charge in [0.1, 0.15) is 0 Å². The first-order chi connectivity index (χ1) is 9.54. The number of hydrogen-bond donors (Lipinski definition) is 1. The molecule has 0 spiro atoms. The van der Waals surface area contributed by atoms with Crippen molar-refractivity contribution in [2.24, 2.45) is 11.8 Å². The van der Waals surface area contributed by atoms with Crippen molar-refractivity contribution in [2.45, 2.75) is 33.1 Å². The van der Waals surface area contributed by atoms with E-state index in [-0.39, 0.29) is 11.7 Å². The van der Waals surface area contributed by atoms with Crippen molar-refractivity contribution in [2.75, 3.05) is 0 Å². The van der Waals surface area contributed by atoms with Crippen molar-refractivity contribution in [3.63, 3.8) is 0 Å². The van der Waals surface area contributed by atoms with Crippen LogP contribution in [0.1, 0.15) is 33.1 Å². The molecule has 20 heavy (non-hydrogen) atoms. The van der Waals surface area contributed by atoms with E-state index in [1.54, 1.807) is 6.92 Å². The van der Waals surface area contributed by atoms with Gasteiger partial charge in [-0.25, -0.2) is 0 Å². The van der Waals surface area contributed by atoms with Crippen LogP contribution in [0.5, 0.6) is 0 Å². The lowest BCUT2D eigenvalue weighted by atomic mass is 9.98. The molecule has 0 bridgehead atoms. The molecule has 2 unspecified atom stereocenters. The molecule has 0 radical (unpaired) electrons. The number of rotatable bonds is 6. The van der Waals surface area contributed by atoms with Crippen LogP contribution < -0.4 is 5.32 Å². The molecule has 0 fully saturated rings. The molecule has 106 valence electrons. The molecule has 1 amide bonds. The Kier molecular flexibility index (Phi) is 4.72. The molecule has 3 heteroatoms. The van der Waals surface area contributed by atoms with Crippen molar-refractivity contribution >= 4 is 11.7 Å². The molecule has 0 aliphatic heterocycles. The summed E-state index contributed by atoms with van der Waals surface area (Å²) in [4.78, 5) is 22.2. The molecule has 0 heterocycles. The van der Waals surface area contributed by atoms with Gasteiger partial charge in [-0.15, -0.1) is 0 Å². The number of carbonyl (C=O) groups is 2. The maximum Gasteiger partial charge on any atom is 0.221 e. The van der Waals surface area contributed by atoms with Crippen LogP contribution in [0.2, 0.25) is 0 Å². The van der Waals surface area contributed by atoms with Gasteiger partial charge in [0, 0.05) is 18.2 Å². The zero-order valence-electron chi connectivity index (χ0n) is 12.1. The molecule has 1 N–H and O–H groups in total. The van der Waals surface area contributed by atoms with E-state index in [0.29, 0.717) is 11.8 Å². The summed E-state index contributed by atoms with van der Waals surface area (Å²) >= 11 is 0. The first-order valence-corrected chi connectivity index (χ1v) is 7.13. The second-order valence-electron chi connectivity index (χ2n) is 5.46. The van der Waals surface area contributed by atoms with Crippen LogP contribution in [0.4, 0.5) is 0 Å². The fraction of sp³-hybridized carbons (Fsp3) is 0.412. The van der Waals surface area contributed by atoms with Gasteiger partial charge in [-0.1, -0.05) is 36.8 Å². The average Bonchev–Trinajstić information content (AvgIpc) is 2.98. The van der Waals surface area contributed by atoms with Crippen LogP contribution in [0.25, 0.3) is 0 Å². The van der Waals surface area contributed by atoms with E-state index in [9.17, 15) is 9.59 Å². The maximum absolute atomic E-state index is 11.2. The Labute approximate surface area is 120 Å². The highest BCUT2D eigenvalue weighted by Gasteiger charge is 2.14. The lowest BCUT2D eigenvalue weighted by molar-refractivity contribution is -0.118. The van der Waals surface area contributed by atoms with E-state index in [1.165, 1.54) is 6.92 Å². The third-order valence-electron chi connectivity index (χ3n) is 3.64. The molecule has 0 aromatic rings. The van der Waals surface area contributed by atoms with Crippen molar-refractivity contribution in [1.82, 2.24) is 5.32 Å². The fourth-order valence-electron chi connectivity index (χ4n) is 2.61. The highest BCUT2D eigenvalue weighted by atomic mass is 16.1. The second kappa shape index (κ2) is 6.51. The lowest BCUT2D eigenvalue weighted by Gasteiger charge is -2.07. The summed E-state index contributed by atoms with van der Waals surface area (Å²) in [5.74, 6) is 0.932. The minimum atomic E-state index is -0.0282. The average molecular weight is 271 g/mol. The lowest BCUT2D eigenvalue weighted by Crippen LogP contribution is -2.17. The van der Waals surface area contributed by atoms with Crippen molar-refractivity contribution in [3.8, 4) is 0 Å². The minimum Gasteiger partial charge on any atom is -0.327 e. The smallest absolute Gasteiger partial charge is 0.221 e. The Morgan fingerprint density at radius 2 is 1.70 bits per heavy atom. The van der Waals surface area contributed by atoms with Gasteiger partial charge in [0.2, 0.25) is 5.91 Å². The number of ketones is 1. The molecule has 3 nitrogen and oxygen atoms in total. The number of nitrogens with one attached hydrogen (secondary N) is 1. The van der Waals surface area contributed by atoms with E-state index in [2.05, 4.69) is 29.6 Å². The van der Waals surface area contributed by atoms with E-state index in [1.807, 2.05) is 12.2 Å². The summed E-state index contributed by atoms with van der Waals surface area (Å²) in [6, 6.07) is 0. The van der Waals surface area contributed by atoms with Crippen LogP contribution in [0.3, 0.4) is 0 Å². The van der Waals surface area contributed by atoms with Crippen LogP contribution >= 0.6 is 0 Å². The van der Waals surface area contributed by atoms with Gasteiger partial charge in [-0.3, -0.25) is 9.59 Å². The molecular formula is C17H21NO2. The Hall–Kier alpha value is -1.90. The Morgan fingerprint density at radius 3 is 2.30 bits per heavy atom. The van der Waals surface area contributed by atoms with E-state index >= 15 is 0 Å². The SMILES string of the molecule is CC(=O)NC1=CC(CCCC2C=CC(C(C)=O)=C2)C=C1. The normalized spacial score (nSPS) is 23.7. The zero-order chi connectivity index (χ0) is 14.5. The molecule has 0 saturated carbocycles. The molecule has 2 aliphatic rings. The summed E-state index contributed by atoms with van der Waals surface area (Å²) in [6.07, 6.45) is 15.6. The minimum absolute atomic E-state index is 0.0282. The van der Waals surface area contributed by atoms with Gasteiger partial charge >= 0.3 is 0 Å². The first kappa shape index (κ1) is 14.5. The molecule has 2 aliphatic carbocycles. The summed E-state index contributed by atoms with van der Waals surface area (Å²) in [7, 11) is 0. The highest BCUT2D eigenvalue weighted by molar-refractivity contribution is 5.96. The highest BCUT2D eigenvalue weighted by Crippen LogP contribution is 2.25. The van der Waals surface area contributed by atoms with Crippen LogP contribution in [-0.4, -0.2) is 11.7 Å². The largest absolute Gasteiger partial charge is 0.327 e. The molecule has 0 saturated heterocycles. The Morgan fingerprint density at radius 1 is 1.05 bits per heavy atom. The van der Waals surface area contributed by atoms with Gasteiger partial charge in [0.05, 0.1) is 0 Å². The number of amides is 1. The summed E-state index contributed by atoms with van der Waals surface area (Å²) < 4.78 is 0. The van der Waals surface area contributed by atoms with Crippen LogP contribution in [-0.2, 0) is 9.59 Å². The maximum atomic E-state index is 11.2. The summed E-state index contributed by atoms with van der Waals surface area (Å²) in [5, 5.41) is 2.80. The number of carbonyl (C=O) groups excluding carboxylic acids is 2. The standard InChI is InChI=1S/C17H21NO2/c1-12(19)16-8-6-14(10-16)4-3-5-15-7-9-17(11-15)18-13(2)20/h6-11,14-15H,3-5H2,1-2H3,(H,18,20). The molecular weight excluding hydrogens is 250 g/mol. The number of hydrogen-bond acceptors (Lipinski definition) is 2. The van der Waals surface area contributed by atoms with E-state index < -0.39 is 0 Å². The summed E-state index contributed by atoms with van der Waals surface area (Å²) in [6.45, 7) is 3.13. The first-order valence-electron chi connectivity index (χ1n) is 7.13. The quantitative estimate of drug-likeness (QED) is 0.807. The van der Waals surface area contributed by atoms with Crippen LogP contribution in [0.15, 0.2) is 47.7 Å². The van der Waals surface area contributed by atoms with Crippen molar-refractivity contribution in [1.29, 1.82) is 0 Å². The van der Waals surface area contributed by atoms with E-state index in [0.717, 1.165) is 30.5 Å². The molecule has 2 rings (SSSR count). The van der Waals surface area contributed by atoms with Crippen molar-refractivity contribution in [3.05, 3.63) is 47.7 Å². The molecule has 2 atom stereocenters. The van der Waals surface area contributed by atoms with Crippen molar-refractivity contribution < 1.29 is 9.59 Å². The van der Waals surface area contributed by atoms with Gasteiger partial charge in [-0.05, 0) is 37.7 Å². The number of allylic oxidation sites excluding steroid dienone is 7. The molecule has 0 aromatic carbocycles. The van der Waals surface area contributed by atoms with E-state index in [4.69, 9.17) is 0 Å². The van der Waals surface area contributed by atoms with Crippen LogP contribution in [0, 0.1) is 11.8 Å². The Bertz CT molecular complexity index is 523. The van der Waals surface area contributed by atoms with Gasteiger partial charge < -0.3 is 5.32 Å². The predicted octanol–water partition coefficient (Wildman–Crippen LogP) is 3.06. The van der Waals surface area contributed by atoms with Gasteiger partial charge in [-0.2, -0.15) is 0 Å². The van der Waals surface area contributed by atoms with Gasteiger partial charge in [0.15, 0.2) is 5.78 Å². The third-order valence-corrected chi connectivity index (χ3v) is 3.64. The second-order valence-corrected chi connectivity index (χ2v) is 5.46. The third kappa shape index (κ3) is 4.05. The molecule has 0 aromatic heterocycles. The predicted molar refractivity (Wildman–Crippen MR) is 79.8 cm³/mol. The Balaban J connectivity index is 1.72. The number of Topliss-reactive ketones (excluding diaryl/α,β-unsaturated/α-hetero) is 1. The monoisotopic (exact) mass is 271 g/mol. The topological polar surface area (TPSA) is 46.2 Å². The zero-order valence-corrected chi connectivity index (χ0v) is 12.1. The van der Waals surface area contributed by atoms with Gasteiger partial charge in [0.25, 0.3) is 0 Å². The fourth-order valence-corrected chi connectivity index (χ4v) is 2.61. The summed E-state index contributed by atoms with van der Waals surface area (Å²) in [5.41, 5.74) is 1.74.